The second kappa shape index (κ2) is 3.78. The average Bonchev–Trinajstić information content (AvgIpc) is 3.01. The fourth-order valence-corrected chi connectivity index (χ4v) is 2.48. The smallest absolute Gasteiger partial charge is 0.397 e. The number of fused-ring (bicyclic) bond motifs is 2. The predicted molar refractivity (Wildman–Crippen MR) is 76.7 cm³/mol. The van der Waals surface area contributed by atoms with Gasteiger partial charge in [0.15, 0.2) is 11.4 Å². The maximum atomic E-state index is 5.38. The lowest BCUT2D eigenvalue weighted by atomic mass is 10.1. The van der Waals surface area contributed by atoms with E-state index in [9.17, 15) is 0 Å². The molecule has 0 N–H and O–H groups in total. The summed E-state index contributed by atoms with van der Waals surface area (Å²) in [5.41, 5.74) is 3.08. The van der Waals surface area contributed by atoms with Crippen LogP contribution in [-0.4, -0.2) is 19.8 Å². The third kappa shape index (κ3) is 1.44. The van der Waals surface area contributed by atoms with Gasteiger partial charge in [0.1, 0.15) is 0 Å². The molecule has 0 atom stereocenters. The Hall–Kier alpha value is -2.43. The van der Waals surface area contributed by atoms with Crippen molar-refractivity contribution in [3.63, 3.8) is 0 Å². The van der Waals surface area contributed by atoms with Gasteiger partial charge in [0.05, 0.1) is 11.1 Å². The molecule has 1 aliphatic heterocycles. The molecular weight excluding hydrogens is 237 g/mol. The Morgan fingerprint density at radius 3 is 2.63 bits per heavy atom. The highest BCUT2D eigenvalue weighted by molar-refractivity contribution is 6.53. The molecule has 0 bridgehead atoms. The van der Waals surface area contributed by atoms with E-state index >= 15 is 0 Å². The van der Waals surface area contributed by atoms with E-state index in [-0.39, 0.29) is 0 Å². The van der Waals surface area contributed by atoms with Gasteiger partial charge in [0.2, 0.25) is 0 Å². The average molecular weight is 248 g/mol. The second-order valence-electron chi connectivity index (χ2n) is 4.59. The van der Waals surface area contributed by atoms with E-state index in [2.05, 4.69) is 26.9 Å². The summed E-state index contributed by atoms with van der Waals surface area (Å²) in [5.74, 6) is 0.826. The number of aromatic nitrogens is 1. The normalized spacial score (nSPS) is 13.7. The zero-order valence-corrected chi connectivity index (χ0v) is 10.4. The van der Waals surface area contributed by atoms with Crippen LogP contribution >= 0.6 is 0 Å². The molecule has 19 heavy (non-hydrogen) atoms. The predicted octanol–water partition coefficient (Wildman–Crippen LogP) is 2.95. The zero-order valence-electron chi connectivity index (χ0n) is 10.4. The van der Waals surface area contributed by atoms with E-state index in [1.807, 2.05) is 51.0 Å². The largest absolute Gasteiger partial charge is 0.400 e. The summed E-state index contributed by atoms with van der Waals surface area (Å²) >= 11 is 0. The maximum Gasteiger partial charge on any atom is 0.397 e. The van der Waals surface area contributed by atoms with Gasteiger partial charge in [-0.25, -0.2) is 0 Å². The van der Waals surface area contributed by atoms with Crippen LogP contribution in [0.4, 0.5) is 17.2 Å². The Labute approximate surface area is 111 Å². The molecule has 1 aromatic heterocycles. The van der Waals surface area contributed by atoms with Crippen molar-refractivity contribution in [3.05, 3.63) is 48.5 Å². The first-order valence-corrected chi connectivity index (χ1v) is 6.15. The van der Waals surface area contributed by atoms with E-state index < -0.39 is 0 Å². The summed E-state index contributed by atoms with van der Waals surface area (Å²) in [6.45, 7) is 0. The number of benzene rings is 2. The minimum absolute atomic E-state index is 0.804. The first-order valence-electron chi connectivity index (χ1n) is 6.15. The summed E-state index contributed by atoms with van der Waals surface area (Å²) in [4.78, 5) is 4.14. The first kappa shape index (κ1) is 10.5. The lowest BCUT2D eigenvalue weighted by molar-refractivity contribution is 0.459. The summed E-state index contributed by atoms with van der Waals surface area (Å²) < 4.78 is 5.38. The minimum Gasteiger partial charge on any atom is -0.400 e. The first-order chi connectivity index (χ1) is 9.34. The van der Waals surface area contributed by atoms with Crippen molar-refractivity contribution in [1.29, 1.82) is 0 Å². The summed E-state index contributed by atoms with van der Waals surface area (Å²) in [6, 6.07) is 16.1. The Balaban J connectivity index is 1.90. The van der Waals surface area contributed by atoms with Crippen LogP contribution in [0.15, 0.2) is 53.1 Å². The van der Waals surface area contributed by atoms with Crippen molar-refractivity contribution in [3.8, 4) is 0 Å². The van der Waals surface area contributed by atoms with Crippen LogP contribution in [-0.2, 0) is 0 Å². The lowest BCUT2D eigenvalue weighted by Crippen LogP contribution is -2.29. The monoisotopic (exact) mass is 248 g/mol. The van der Waals surface area contributed by atoms with Crippen LogP contribution < -0.4 is 9.62 Å². The molecule has 0 saturated carbocycles. The Bertz CT molecular complexity index is 755. The third-order valence-corrected chi connectivity index (χ3v) is 3.40. The number of para-hydroxylation sites is 3. The SMILES string of the molecule is CN1[B]N(c2noc3ccccc23)c2ccccc21. The molecule has 0 unspecified atom stereocenters. The van der Waals surface area contributed by atoms with Crippen LogP contribution in [0.25, 0.3) is 11.0 Å². The Kier molecular flexibility index (Phi) is 2.09. The molecule has 0 saturated heterocycles. The van der Waals surface area contributed by atoms with Gasteiger partial charge in [-0.05, 0) is 31.3 Å². The highest BCUT2D eigenvalue weighted by atomic mass is 16.5. The highest BCUT2D eigenvalue weighted by Crippen LogP contribution is 2.40. The quantitative estimate of drug-likeness (QED) is 0.620. The van der Waals surface area contributed by atoms with E-state index in [1.54, 1.807) is 0 Å². The van der Waals surface area contributed by atoms with Gasteiger partial charge in [-0.2, -0.15) is 0 Å². The maximum absolute atomic E-state index is 5.38. The van der Waals surface area contributed by atoms with Gasteiger partial charge in [-0.15, -0.1) is 0 Å². The summed E-state index contributed by atoms with van der Waals surface area (Å²) in [6.07, 6.45) is 0. The molecule has 1 radical (unpaired) electrons. The fourth-order valence-electron chi connectivity index (χ4n) is 2.48. The lowest BCUT2D eigenvalue weighted by Gasteiger charge is -2.14. The topological polar surface area (TPSA) is 32.5 Å². The van der Waals surface area contributed by atoms with Crippen molar-refractivity contribution >= 4 is 35.7 Å². The van der Waals surface area contributed by atoms with Crippen molar-refractivity contribution in [2.24, 2.45) is 0 Å². The highest BCUT2D eigenvalue weighted by Gasteiger charge is 2.29. The van der Waals surface area contributed by atoms with Gasteiger partial charge >= 0.3 is 7.55 Å². The summed E-state index contributed by atoms with van der Waals surface area (Å²) in [7, 11) is 4.05. The molecule has 0 amide bonds. The van der Waals surface area contributed by atoms with Crippen LogP contribution in [0, 0.1) is 0 Å². The van der Waals surface area contributed by atoms with Crippen LogP contribution in [0.3, 0.4) is 0 Å². The van der Waals surface area contributed by atoms with Gasteiger partial charge in [-0.1, -0.05) is 29.4 Å². The molecule has 4 rings (SSSR count). The van der Waals surface area contributed by atoms with Crippen molar-refractivity contribution in [2.45, 2.75) is 0 Å². The van der Waals surface area contributed by atoms with Gasteiger partial charge in [0, 0.05) is 5.69 Å². The molecule has 5 heteroatoms. The van der Waals surface area contributed by atoms with Crippen LogP contribution in [0.2, 0.25) is 0 Å². The number of hydrogen-bond acceptors (Lipinski definition) is 4. The Morgan fingerprint density at radius 2 is 1.74 bits per heavy atom. The van der Waals surface area contributed by atoms with E-state index in [0.717, 1.165) is 28.2 Å². The number of hydrogen-bond donors (Lipinski definition) is 0. The molecule has 91 valence electrons. The molecule has 3 aromatic rings. The van der Waals surface area contributed by atoms with E-state index in [1.165, 1.54) is 0 Å². The van der Waals surface area contributed by atoms with E-state index in [0.29, 0.717) is 0 Å². The standard InChI is InChI=1S/C14H11BN3O/c1-17-11-7-3-4-8-12(11)18(15-17)14-10-6-2-5-9-13(10)19-16-14/h2-9H,1H3. The molecule has 2 heterocycles. The van der Waals surface area contributed by atoms with E-state index in [4.69, 9.17) is 4.52 Å². The molecule has 0 aliphatic carbocycles. The molecule has 2 aromatic carbocycles. The van der Waals surface area contributed by atoms with Gasteiger partial charge in [0.25, 0.3) is 0 Å². The van der Waals surface area contributed by atoms with Crippen LogP contribution in [0.5, 0.6) is 0 Å². The Morgan fingerprint density at radius 1 is 1.00 bits per heavy atom. The second-order valence-corrected chi connectivity index (χ2v) is 4.59. The molecule has 0 spiro atoms. The minimum atomic E-state index is 0.804. The van der Waals surface area contributed by atoms with Crippen molar-refractivity contribution < 1.29 is 4.52 Å². The third-order valence-electron chi connectivity index (χ3n) is 3.40. The number of nitrogens with zero attached hydrogens (tertiary/aromatic N) is 3. The van der Waals surface area contributed by atoms with Gasteiger partial charge < -0.3 is 14.1 Å². The van der Waals surface area contributed by atoms with Crippen LogP contribution in [0.1, 0.15) is 0 Å². The molecule has 4 nitrogen and oxygen atoms in total. The molecular formula is C14H11BN3O. The number of anilines is 3. The van der Waals surface area contributed by atoms with Crippen molar-refractivity contribution in [1.82, 2.24) is 5.16 Å². The zero-order chi connectivity index (χ0) is 12.8. The van der Waals surface area contributed by atoms with Crippen molar-refractivity contribution in [2.75, 3.05) is 16.7 Å². The fraction of sp³-hybridized carbons (Fsp3) is 0.0714. The summed E-state index contributed by atoms with van der Waals surface area (Å²) in [5, 5.41) is 5.22. The molecule has 0 fully saturated rings. The molecule has 1 aliphatic rings. The van der Waals surface area contributed by atoms with Gasteiger partial charge in [-0.3, -0.25) is 0 Å². The number of rotatable bonds is 1.